The fourth-order valence-corrected chi connectivity index (χ4v) is 2.30. The summed E-state index contributed by atoms with van der Waals surface area (Å²) in [6.45, 7) is 6.28. The van der Waals surface area contributed by atoms with Crippen molar-refractivity contribution in [2.75, 3.05) is 13.6 Å². The molecule has 0 aliphatic heterocycles. The van der Waals surface area contributed by atoms with Crippen LogP contribution in [-0.4, -0.2) is 30.3 Å². The number of nitrogens with zero attached hydrogens (tertiary/aromatic N) is 1. The van der Waals surface area contributed by atoms with E-state index in [1.807, 2.05) is 12.1 Å². The Morgan fingerprint density at radius 2 is 1.81 bits per heavy atom. The molecule has 116 valence electrons. The minimum atomic E-state index is -0.332. The number of carbonyl (C=O) groups is 2. The predicted molar refractivity (Wildman–Crippen MR) is 85.1 cm³/mol. The maximum absolute atomic E-state index is 12.3. The summed E-state index contributed by atoms with van der Waals surface area (Å²) in [5.41, 5.74) is 0.876. The van der Waals surface area contributed by atoms with Gasteiger partial charge < -0.3 is 10.2 Å². The molecule has 0 heterocycles. The Morgan fingerprint density at radius 3 is 2.29 bits per heavy atom. The zero-order chi connectivity index (χ0) is 16.0. The third kappa shape index (κ3) is 6.17. The van der Waals surface area contributed by atoms with Gasteiger partial charge in [0.2, 0.25) is 11.8 Å². The zero-order valence-electron chi connectivity index (χ0n) is 13.0. The monoisotopic (exact) mass is 310 g/mol. The maximum Gasteiger partial charge on any atom is 0.224 e. The van der Waals surface area contributed by atoms with Crippen LogP contribution in [0.15, 0.2) is 24.3 Å². The van der Waals surface area contributed by atoms with Crippen LogP contribution in [0.25, 0.3) is 0 Å². The lowest BCUT2D eigenvalue weighted by molar-refractivity contribution is -0.131. The van der Waals surface area contributed by atoms with Crippen LogP contribution in [0.5, 0.6) is 0 Å². The van der Waals surface area contributed by atoms with Gasteiger partial charge in [-0.2, -0.15) is 0 Å². The highest BCUT2D eigenvalue weighted by atomic mass is 35.5. The molecule has 4 nitrogen and oxygen atoms in total. The smallest absolute Gasteiger partial charge is 0.224 e. The second-order valence-electron chi connectivity index (χ2n) is 5.68. The Hall–Kier alpha value is -1.55. The van der Waals surface area contributed by atoms with Crippen LogP contribution < -0.4 is 5.32 Å². The number of carbonyl (C=O) groups excluding carboxylic acids is 2. The summed E-state index contributed by atoms with van der Waals surface area (Å²) >= 11 is 5.87. The molecule has 0 aromatic heterocycles. The van der Waals surface area contributed by atoms with E-state index in [2.05, 4.69) is 19.2 Å². The van der Waals surface area contributed by atoms with Crippen LogP contribution in [0.2, 0.25) is 5.02 Å². The molecule has 1 unspecified atom stereocenters. The molecule has 21 heavy (non-hydrogen) atoms. The van der Waals surface area contributed by atoms with Gasteiger partial charge >= 0.3 is 0 Å². The Morgan fingerprint density at radius 1 is 1.24 bits per heavy atom. The first kappa shape index (κ1) is 17.5. The fourth-order valence-electron chi connectivity index (χ4n) is 2.17. The number of amides is 2. The van der Waals surface area contributed by atoms with Crippen molar-refractivity contribution in [3.05, 3.63) is 34.9 Å². The summed E-state index contributed by atoms with van der Waals surface area (Å²) in [6, 6.07) is 6.85. The summed E-state index contributed by atoms with van der Waals surface area (Å²) in [6.07, 6.45) is 0.241. The first-order valence-electron chi connectivity index (χ1n) is 7.06. The minimum absolute atomic E-state index is 0.0115. The first-order chi connectivity index (χ1) is 9.79. The van der Waals surface area contributed by atoms with Crippen LogP contribution in [0, 0.1) is 5.92 Å². The molecule has 1 aromatic rings. The van der Waals surface area contributed by atoms with Crippen molar-refractivity contribution >= 4 is 23.4 Å². The predicted octanol–water partition coefficient (Wildman–Crippen LogP) is 3.02. The third-order valence-corrected chi connectivity index (χ3v) is 3.35. The highest BCUT2D eigenvalue weighted by Crippen LogP contribution is 2.20. The van der Waals surface area contributed by atoms with Gasteiger partial charge in [-0.25, -0.2) is 0 Å². The summed E-state index contributed by atoms with van der Waals surface area (Å²) in [5, 5.41) is 3.45. The first-order valence-corrected chi connectivity index (χ1v) is 7.44. The summed E-state index contributed by atoms with van der Waals surface area (Å²) < 4.78 is 0. The van der Waals surface area contributed by atoms with Crippen LogP contribution in [0.4, 0.5) is 0 Å². The van der Waals surface area contributed by atoms with Crippen molar-refractivity contribution in [3.8, 4) is 0 Å². The molecule has 0 bridgehead atoms. The quantitative estimate of drug-likeness (QED) is 0.878. The molecule has 2 amide bonds. The zero-order valence-corrected chi connectivity index (χ0v) is 13.8. The lowest BCUT2D eigenvalue weighted by Crippen LogP contribution is -2.35. The van der Waals surface area contributed by atoms with Gasteiger partial charge in [0, 0.05) is 25.5 Å². The van der Waals surface area contributed by atoms with Crippen LogP contribution in [0.1, 0.15) is 38.8 Å². The summed E-state index contributed by atoms with van der Waals surface area (Å²) in [5.74, 6) is 0.264. The molecule has 0 aliphatic rings. The Labute approximate surface area is 131 Å². The van der Waals surface area contributed by atoms with E-state index in [9.17, 15) is 9.59 Å². The maximum atomic E-state index is 12.3. The van der Waals surface area contributed by atoms with E-state index >= 15 is 0 Å². The number of halogens is 1. The van der Waals surface area contributed by atoms with Gasteiger partial charge in [0.1, 0.15) is 0 Å². The average Bonchev–Trinajstić information content (AvgIpc) is 2.37. The molecular formula is C16H23ClN2O2. The van der Waals surface area contributed by atoms with Gasteiger partial charge in [0.25, 0.3) is 0 Å². The van der Waals surface area contributed by atoms with E-state index in [1.54, 1.807) is 24.1 Å². The van der Waals surface area contributed by atoms with E-state index < -0.39 is 0 Å². The number of rotatable bonds is 6. The molecule has 0 radical (unpaired) electrons. The van der Waals surface area contributed by atoms with E-state index in [1.165, 1.54) is 6.92 Å². The van der Waals surface area contributed by atoms with Gasteiger partial charge in [-0.1, -0.05) is 37.6 Å². The summed E-state index contributed by atoms with van der Waals surface area (Å²) in [4.78, 5) is 25.3. The molecule has 0 aliphatic carbocycles. The van der Waals surface area contributed by atoms with Gasteiger partial charge in [0.15, 0.2) is 0 Å². The van der Waals surface area contributed by atoms with Gasteiger partial charge in [-0.15, -0.1) is 0 Å². The van der Waals surface area contributed by atoms with Crippen LogP contribution in [-0.2, 0) is 9.59 Å². The molecule has 0 spiro atoms. The number of hydrogen-bond acceptors (Lipinski definition) is 2. The SMILES string of the molecule is CC(=O)NC(CC(=O)N(C)CC(C)C)c1ccc(Cl)cc1. The largest absolute Gasteiger partial charge is 0.349 e. The lowest BCUT2D eigenvalue weighted by atomic mass is 10.0. The third-order valence-electron chi connectivity index (χ3n) is 3.09. The Balaban J connectivity index is 2.81. The molecule has 0 saturated heterocycles. The molecule has 1 aromatic carbocycles. The molecule has 5 heteroatoms. The van der Waals surface area contributed by atoms with Crippen LogP contribution >= 0.6 is 11.6 Å². The Bertz CT molecular complexity index is 486. The lowest BCUT2D eigenvalue weighted by Gasteiger charge is -2.23. The molecule has 1 rings (SSSR count). The van der Waals surface area contributed by atoms with E-state index in [0.29, 0.717) is 17.5 Å². The van der Waals surface area contributed by atoms with E-state index in [4.69, 9.17) is 11.6 Å². The van der Waals surface area contributed by atoms with Gasteiger partial charge in [0.05, 0.1) is 12.5 Å². The minimum Gasteiger partial charge on any atom is -0.349 e. The highest BCUT2D eigenvalue weighted by Gasteiger charge is 2.19. The van der Waals surface area contributed by atoms with Crippen molar-refractivity contribution in [1.29, 1.82) is 0 Å². The topological polar surface area (TPSA) is 49.4 Å². The normalized spacial score (nSPS) is 12.1. The molecule has 1 N–H and O–H groups in total. The highest BCUT2D eigenvalue weighted by molar-refractivity contribution is 6.30. The van der Waals surface area contributed by atoms with E-state index in [-0.39, 0.29) is 24.3 Å². The number of hydrogen-bond donors (Lipinski definition) is 1. The van der Waals surface area contributed by atoms with Crippen molar-refractivity contribution in [1.82, 2.24) is 10.2 Å². The van der Waals surface area contributed by atoms with Gasteiger partial charge in [-0.05, 0) is 23.6 Å². The second-order valence-corrected chi connectivity index (χ2v) is 6.11. The number of nitrogens with one attached hydrogen (secondary N) is 1. The summed E-state index contributed by atoms with van der Waals surface area (Å²) in [7, 11) is 1.79. The number of benzene rings is 1. The molecule has 0 fully saturated rings. The second kappa shape index (κ2) is 8.03. The van der Waals surface area contributed by atoms with E-state index in [0.717, 1.165) is 5.56 Å². The standard InChI is InChI=1S/C16H23ClN2O2/c1-11(2)10-19(4)16(21)9-15(18-12(3)20)13-5-7-14(17)8-6-13/h5-8,11,15H,9-10H2,1-4H3,(H,18,20). The van der Waals surface area contributed by atoms with Crippen molar-refractivity contribution in [3.63, 3.8) is 0 Å². The molecule has 1 atom stereocenters. The molecular weight excluding hydrogens is 288 g/mol. The fraction of sp³-hybridized carbons (Fsp3) is 0.500. The van der Waals surface area contributed by atoms with Crippen LogP contribution in [0.3, 0.4) is 0 Å². The van der Waals surface area contributed by atoms with Gasteiger partial charge in [-0.3, -0.25) is 9.59 Å². The van der Waals surface area contributed by atoms with Crippen molar-refractivity contribution in [2.45, 2.75) is 33.2 Å². The average molecular weight is 311 g/mol. The van der Waals surface area contributed by atoms with Crippen molar-refractivity contribution < 1.29 is 9.59 Å². The molecule has 0 saturated carbocycles. The Kier molecular flexibility index (Phi) is 6.69. The van der Waals surface area contributed by atoms with Crippen molar-refractivity contribution in [2.24, 2.45) is 5.92 Å².